The van der Waals surface area contributed by atoms with Gasteiger partial charge in [0, 0.05) is 12.3 Å². The van der Waals surface area contributed by atoms with Gasteiger partial charge in [-0.25, -0.2) is 13.8 Å². The Hall–Kier alpha value is -2.22. The lowest BCUT2D eigenvalue weighted by Gasteiger charge is -2.06. The van der Waals surface area contributed by atoms with Crippen molar-refractivity contribution >= 4 is 23.4 Å². The van der Waals surface area contributed by atoms with Crippen molar-refractivity contribution in [2.75, 3.05) is 11.1 Å². The molecular weight excluding hydrogens is 288 g/mol. The summed E-state index contributed by atoms with van der Waals surface area (Å²) in [6.45, 7) is 0. The second kappa shape index (κ2) is 6.29. The predicted molar refractivity (Wildman–Crippen MR) is 70.6 cm³/mol. The van der Waals surface area contributed by atoms with Gasteiger partial charge in [0.05, 0.1) is 5.75 Å². The van der Waals surface area contributed by atoms with E-state index in [-0.39, 0.29) is 16.5 Å². The van der Waals surface area contributed by atoms with E-state index in [1.165, 1.54) is 18.3 Å². The number of anilines is 1. The topological polar surface area (TPSA) is 74.8 Å². The molecule has 0 bridgehead atoms. The van der Waals surface area contributed by atoms with E-state index in [0.29, 0.717) is 0 Å². The molecule has 2 N–H and O–H groups in total. The third-order valence-corrected chi connectivity index (χ3v) is 3.10. The number of H-pyrrole nitrogens is 1. The molecule has 8 heteroatoms. The molecule has 0 aliphatic heterocycles. The lowest BCUT2D eigenvalue weighted by atomic mass is 10.3. The van der Waals surface area contributed by atoms with Gasteiger partial charge in [0.1, 0.15) is 17.3 Å². The van der Waals surface area contributed by atoms with E-state index < -0.39 is 23.2 Å². The number of carbonyl (C=O) groups excluding carboxylic acids is 1. The fraction of sp³-hybridized carbons (Fsp3) is 0.0833. The number of benzene rings is 1. The van der Waals surface area contributed by atoms with E-state index in [0.717, 1.165) is 23.9 Å². The zero-order chi connectivity index (χ0) is 14.5. The number of halogens is 2. The number of carbonyl (C=O) groups is 1. The molecule has 0 radical (unpaired) electrons. The van der Waals surface area contributed by atoms with Gasteiger partial charge in [0.15, 0.2) is 5.16 Å². The zero-order valence-corrected chi connectivity index (χ0v) is 10.8. The first kappa shape index (κ1) is 14.2. The molecule has 1 amide bonds. The van der Waals surface area contributed by atoms with Gasteiger partial charge in [0.25, 0.3) is 5.56 Å². The third-order valence-electron chi connectivity index (χ3n) is 2.21. The molecule has 0 aliphatic carbocycles. The van der Waals surface area contributed by atoms with Crippen LogP contribution in [0.25, 0.3) is 0 Å². The van der Waals surface area contributed by atoms with Gasteiger partial charge >= 0.3 is 0 Å². The van der Waals surface area contributed by atoms with Crippen molar-refractivity contribution in [2.45, 2.75) is 5.16 Å². The Bertz CT molecular complexity index is 670. The summed E-state index contributed by atoms with van der Waals surface area (Å²) in [6.07, 6.45) is 1.30. The number of thioether (sulfide) groups is 1. The summed E-state index contributed by atoms with van der Waals surface area (Å²) >= 11 is 0.950. The molecular formula is C12H9F2N3O2S. The van der Waals surface area contributed by atoms with Crippen molar-refractivity contribution < 1.29 is 13.6 Å². The van der Waals surface area contributed by atoms with Crippen LogP contribution >= 0.6 is 11.8 Å². The van der Waals surface area contributed by atoms with E-state index in [1.807, 2.05) is 0 Å². The van der Waals surface area contributed by atoms with E-state index in [1.54, 1.807) is 0 Å². The Morgan fingerprint density at radius 2 is 2.00 bits per heavy atom. The van der Waals surface area contributed by atoms with Crippen LogP contribution in [0.15, 0.2) is 40.4 Å². The summed E-state index contributed by atoms with van der Waals surface area (Å²) in [5.74, 6) is -2.45. The average Bonchev–Trinajstić information content (AvgIpc) is 2.41. The van der Waals surface area contributed by atoms with Crippen molar-refractivity contribution in [3.63, 3.8) is 0 Å². The van der Waals surface area contributed by atoms with E-state index >= 15 is 0 Å². The number of amides is 1. The summed E-state index contributed by atoms with van der Waals surface area (Å²) in [7, 11) is 0. The van der Waals surface area contributed by atoms with Crippen LogP contribution in [-0.4, -0.2) is 21.6 Å². The molecule has 0 spiro atoms. The average molecular weight is 297 g/mol. The van der Waals surface area contributed by atoms with Crippen LogP contribution in [0.5, 0.6) is 0 Å². The van der Waals surface area contributed by atoms with Gasteiger partial charge in [-0.1, -0.05) is 17.8 Å². The summed E-state index contributed by atoms with van der Waals surface area (Å²) < 4.78 is 26.6. The number of nitrogens with zero attached hydrogens (tertiary/aromatic N) is 1. The van der Waals surface area contributed by atoms with Crippen molar-refractivity contribution in [2.24, 2.45) is 0 Å². The highest BCUT2D eigenvalue weighted by molar-refractivity contribution is 7.99. The van der Waals surface area contributed by atoms with E-state index in [9.17, 15) is 18.4 Å². The number of hydrogen-bond acceptors (Lipinski definition) is 4. The van der Waals surface area contributed by atoms with Crippen LogP contribution in [0.1, 0.15) is 0 Å². The Morgan fingerprint density at radius 1 is 1.30 bits per heavy atom. The maximum atomic E-state index is 13.3. The minimum Gasteiger partial charge on any atom is -0.320 e. The van der Waals surface area contributed by atoms with Gasteiger partial charge in [-0.05, 0) is 12.1 Å². The highest BCUT2D eigenvalue weighted by Crippen LogP contribution is 2.18. The van der Waals surface area contributed by atoms with Crippen LogP contribution in [0.2, 0.25) is 0 Å². The maximum absolute atomic E-state index is 13.3. The molecule has 2 aromatic rings. The number of rotatable bonds is 4. The van der Waals surface area contributed by atoms with Gasteiger partial charge in [-0.3, -0.25) is 9.59 Å². The molecule has 20 heavy (non-hydrogen) atoms. The van der Waals surface area contributed by atoms with Crippen LogP contribution < -0.4 is 10.9 Å². The highest BCUT2D eigenvalue weighted by atomic mass is 32.2. The lowest BCUT2D eigenvalue weighted by molar-refractivity contribution is -0.113. The molecule has 1 aromatic heterocycles. The maximum Gasteiger partial charge on any atom is 0.251 e. The van der Waals surface area contributed by atoms with Gasteiger partial charge in [-0.2, -0.15) is 0 Å². The largest absolute Gasteiger partial charge is 0.320 e. The second-order valence-corrected chi connectivity index (χ2v) is 4.64. The Labute approximate surface area is 116 Å². The predicted octanol–water partition coefficient (Wildman–Crippen LogP) is 1.78. The molecule has 0 fully saturated rings. The molecule has 0 atom stereocenters. The molecule has 0 unspecified atom stereocenters. The molecule has 0 saturated heterocycles. The highest BCUT2D eigenvalue weighted by Gasteiger charge is 2.12. The third kappa shape index (κ3) is 3.64. The first-order valence-electron chi connectivity index (χ1n) is 5.48. The Morgan fingerprint density at radius 3 is 2.65 bits per heavy atom. The second-order valence-electron chi connectivity index (χ2n) is 3.67. The monoisotopic (exact) mass is 297 g/mol. The Kier molecular flexibility index (Phi) is 4.46. The number of aromatic amines is 1. The fourth-order valence-corrected chi connectivity index (χ4v) is 2.00. The molecule has 2 rings (SSSR count). The SMILES string of the molecule is O=C(CSc1nccc(=O)[nH]1)Nc1c(F)cccc1F. The summed E-state index contributed by atoms with van der Waals surface area (Å²) in [6, 6.07) is 4.52. The van der Waals surface area contributed by atoms with Gasteiger partial charge in [0.2, 0.25) is 5.91 Å². The van der Waals surface area contributed by atoms with E-state index in [4.69, 9.17) is 0 Å². The molecule has 0 aliphatic rings. The van der Waals surface area contributed by atoms with Crippen LogP contribution in [0.4, 0.5) is 14.5 Å². The first-order valence-corrected chi connectivity index (χ1v) is 6.47. The molecule has 5 nitrogen and oxygen atoms in total. The summed E-state index contributed by atoms with van der Waals surface area (Å²) in [5, 5.41) is 2.39. The number of para-hydroxylation sites is 1. The zero-order valence-electron chi connectivity index (χ0n) is 10.0. The minimum atomic E-state index is -0.852. The Balaban J connectivity index is 1.98. The van der Waals surface area contributed by atoms with E-state index in [2.05, 4.69) is 15.3 Å². The fourth-order valence-electron chi connectivity index (χ4n) is 1.35. The van der Waals surface area contributed by atoms with Gasteiger partial charge < -0.3 is 10.3 Å². The van der Waals surface area contributed by atoms with Crippen LogP contribution in [-0.2, 0) is 4.79 Å². The molecule has 1 aromatic carbocycles. The van der Waals surface area contributed by atoms with Crippen molar-refractivity contribution in [1.29, 1.82) is 0 Å². The summed E-state index contributed by atoms with van der Waals surface area (Å²) in [5.41, 5.74) is -0.837. The van der Waals surface area contributed by atoms with Crippen molar-refractivity contribution in [3.05, 3.63) is 52.5 Å². The number of aromatic nitrogens is 2. The number of hydrogen-bond donors (Lipinski definition) is 2. The lowest BCUT2D eigenvalue weighted by Crippen LogP contribution is -2.17. The molecule has 0 saturated carbocycles. The summed E-state index contributed by atoms with van der Waals surface area (Å²) in [4.78, 5) is 28.8. The standard InChI is InChI=1S/C12H9F2N3O2S/c13-7-2-1-3-8(14)11(7)16-10(19)6-20-12-15-5-4-9(18)17-12/h1-5H,6H2,(H,16,19)(H,15,17,18). The van der Waals surface area contributed by atoms with Gasteiger partial charge in [-0.15, -0.1) is 0 Å². The number of nitrogens with one attached hydrogen (secondary N) is 2. The molecule has 1 heterocycles. The first-order chi connectivity index (χ1) is 9.56. The minimum absolute atomic E-state index is 0.138. The normalized spacial score (nSPS) is 10.3. The van der Waals surface area contributed by atoms with Crippen LogP contribution in [0, 0.1) is 11.6 Å². The van der Waals surface area contributed by atoms with Crippen molar-refractivity contribution in [3.8, 4) is 0 Å². The quantitative estimate of drug-likeness (QED) is 0.666. The van der Waals surface area contributed by atoms with Crippen LogP contribution in [0.3, 0.4) is 0 Å². The smallest absolute Gasteiger partial charge is 0.251 e. The molecule has 104 valence electrons. The van der Waals surface area contributed by atoms with Crippen molar-refractivity contribution in [1.82, 2.24) is 9.97 Å².